The Morgan fingerprint density at radius 2 is 2.06 bits per heavy atom. The van der Waals surface area contributed by atoms with Crippen LogP contribution < -0.4 is 0 Å². The molecule has 2 aromatic heterocycles. The maximum atomic E-state index is 4.48. The van der Waals surface area contributed by atoms with E-state index in [1.807, 2.05) is 24.5 Å². The van der Waals surface area contributed by atoms with E-state index in [1.165, 1.54) is 16.3 Å². The molecule has 3 aromatic rings. The molecular formula is C13H9N3. The van der Waals surface area contributed by atoms with E-state index in [1.54, 1.807) is 0 Å². The number of hydrogen-bond acceptors (Lipinski definition) is 2. The third kappa shape index (κ3) is 0.877. The fraction of sp³-hybridized carbons (Fsp3) is 0.0769. The molecule has 0 N–H and O–H groups in total. The van der Waals surface area contributed by atoms with E-state index in [0.29, 0.717) is 0 Å². The third-order valence-corrected chi connectivity index (χ3v) is 3.12. The highest BCUT2D eigenvalue weighted by atomic mass is 15.1. The summed E-state index contributed by atoms with van der Waals surface area (Å²) < 4.78 is 2.19. The minimum Gasteiger partial charge on any atom is -0.319 e. The zero-order chi connectivity index (χ0) is 10.5. The maximum absolute atomic E-state index is 4.48. The van der Waals surface area contributed by atoms with Crippen LogP contribution in [-0.2, 0) is 6.54 Å². The van der Waals surface area contributed by atoms with Crippen LogP contribution in [0.1, 0.15) is 0 Å². The van der Waals surface area contributed by atoms with Gasteiger partial charge in [-0.2, -0.15) is 0 Å². The first-order valence-corrected chi connectivity index (χ1v) is 5.33. The number of hydrogen-bond donors (Lipinski definition) is 0. The van der Waals surface area contributed by atoms with Gasteiger partial charge in [0.2, 0.25) is 0 Å². The van der Waals surface area contributed by atoms with Gasteiger partial charge in [-0.3, -0.25) is 4.98 Å². The lowest BCUT2D eigenvalue weighted by Gasteiger charge is -2.01. The van der Waals surface area contributed by atoms with Crippen molar-refractivity contribution in [2.45, 2.75) is 6.54 Å². The van der Waals surface area contributed by atoms with E-state index in [-0.39, 0.29) is 0 Å². The topological polar surface area (TPSA) is 30.2 Å². The molecule has 3 heterocycles. The molecule has 0 atom stereocenters. The number of para-hydroxylation sites is 1. The Morgan fingerprint density at radius 3 is 3.06 bits per heavy atom. The Labute approximate surface area is 92.1 Å². The zero-order valence-electron chi connectivity index (χ0n) is 8.59. The largest absolute Gasteiger partial charge is 0.319 e. The second-order valence-electron chi connectivity index (χ2n) is 4.00. The van der Waals surface area contributed by atoms with Crippen LogP contribution in [0.15, 0.2) is 41.5 Å². The number of nitrogens with zero attached hydrogens (tertiary/aromatic N) is 3. The summed E-state index contributed by atoms with van der Waals surface area (Å²) in [6.45, 7) is 0.860. The van der Waals surface area contributed by atoms with Crippen molar-refractivity contribution in [3.63, 3.8) is 0 Å². The fourth-order valence-electron chi connectivity index (χ4n) is 2.36. The average molecular weight is 207 g/mol. The predicted molar refractivity (Wildman–Crippen MR) is 65.4 cm³/mol. The van der Waals surface area contributed by atoms with Crippen LogP contribution >= 0.6 is 0 Å². The maximum Gasteiger partial charge on any atom is 0.133 e. The second-order valence-corrected chi connectivity index (χ2v) is 4.00. The number of fused-ring (bicyclic) bond motifs is 5. The molecule has 0 fully saturated rings. The lowest BCUT2D eigenvalue weighted by molar-refractivity contribution is 0.946. The fourth-order valence-corrected chi connectivity index (χ4v) is 2.36. The summed E-state index contributed by atoms with van der Waals surface area (Å²) in [5.41, 5.74) is 2.22. The van der Waals surface area contributed by atoms with Gasteiger partial charge in [0, 0.05) is 17.0 Å². The molecule has 0 saturated carbocycles. The third-order valence-electron chi connectivity index (χ3n) is 3.12. The van der Waals surface area contributed by atoms with Crippen LogP contribution in [0.3, 0.4) is 0 Å². The summed E-state index contributed by atoms with van der Waals surface area (Å²) in [7, 11) is 0. The Morgan fingerprint density at radius 1 is 1.12 bits per heavy atom. The Kier molecular flexibility index (Phi) is 1.36. The van der Waals surface area contributed by atoms with Crippen molar-refractivity contribution >= 4 is 33.8 Å². The van der Waals surface area contributed by atoms with Crippen molar-refractivity contribution in [1.29, 1.82) is 0 Å². The Hall–Kier alpha value is -2.16. The van der Waals surface area contributed by atoms with Crippen LogP contribution in [0.5, 0.6) is 0 Å². The molecular weight excluding hydrogens is 198 g/mol. The molecule has 3 nitrogen and oxygen atoms in total. The summed E-state index contributed by atoms with van der Waals surface area (Å²) in [5, 5.41) is 2.45. The van der Waals surface area contributed by atoms with Gasteiger partial charge in [-0.05, 0) is 12.1 Å². The molecule has 0 amide bonds. The van der Waals surface area contributed by atoms with Crippen molar-refractivity contribution in [2.75, 3.05) is 0 Å². The van der Waals surface area contributed by atoms with E-state index in [2.05, 4.69) is 32.7 Å². The Bertz CT molecular complexity index is 737. The first-order chi connectivity index (χ1) is 7.93. The normalized spacial score (nSPS) is 13.8. The van der Waals surface area contributed by atoms with E-state index in [0.717, 1.165) is 17.9 Å². The van der Waals surface area contributed by atoms with Crippen LogP contribution in [0.25, 0.3) is 21.8 Å². The van der Waals surface area contributed by atoms with Crippen LogP contribution in [0.2, 0.25) is 0 Å². The molecule has 0 unspecified atom stereocenters. The van der Waals surface area contributed by atoms with Crippen LogP contribution in [0, 0.1) is 0 Å². The minimum atomic E-state index is 0.860. The van der Waals surface area contributed by atoms with Gasteiger partial charge in [-0.25, -0.2) is 4.99 Å². The molecule has 4 rings (SSSR count). The van der Waals surface area contributed by atoms with E-state index in [4.69, 9.17) is 0 Å². The molecule has 0 radical (unpaired) electrons. The zero-order valence-corrected chi connectivity index (χ0v) is 8.59. The average Bonchev–Trinajstić information content (AvgIpc) is 2.88. The van der Waals surface area contributed by atoms with Gasteiger partial charge < -0.3 is 4.57 Å². The molecule has 0 bridgehead atoms. The quantitative estimate of drug-likeness (QED) is 0.557. The minimum absolute atomic E-state index is 0.860. The SMILES string of the molecule is C1=Nc2cc3c4ccccc4ncc3n2C1. The van der Waals surface area contributed by atoms with Crippen LogP contribution in [-0.4, -0.2) is 15.8 Å². The lowest BCUT2D eigenvalue weighted by Crippen LogP contribution is -1.92. The van der Waals surface area contributed by atoms with Crippen LogP contribution in [0.4, 0.5) is 5.82 Å². The van der Waals surface area contributed by atoms with Gasteiger partial charge in [0.05, 0.1) is 23.8 Å². The van der Waals surface area contributed by atoms with E-state index in [9.17, 15) is 0 Å². The van der Waals surface area contributed by atoms with E-state index < -0.39 is 0 Å². The summed E-state index contributed by atoms with van der Waals surface area (Å²) >= 11 is 0. The highest BCUT2D eigenvalue weighted by Crippen LogP contribution is 2.32. The van der Waals surface area contributed by atoms with Crippen molar-refractivity contribution in [3.05, 3.63) is 36.5 Å². The standard InChI is InChI=1S/C13H9N3/c1-2-4-11-9(3-1)10-7-13-14-5-6-16(13)12(10)8-15-11/h1-5,7-8H,6H2. The second kappa shape index (κ2) is 2.70. The van der Waals surface area contributed by atoms with Gasteiger partial charge in [-0.1, -0.05) is 18.2 Å². The van der Waals surface area contributed by atoms with E-state index >= 15 is 0 Å². The van der Waals surface area contributed by atoms with Gasteiger partial charge in [0.15, 0.2) is 0 Å². The molecule has 1 aromatic carbocycles. The highest BCUT2D eigenvalue weighted by molar-refractivity contribution is 6.06. The highest BCUT2D eigenvalue weighted by Gasteiger charge is 2.13. The molecule has 1 aliphatic heterocycles. The summed E-state index contributed by atoms with van der Waals surface area (Å²) in [6.07, 6.45) is 3.87. The predicted octanol–water partition coefficient (Wildman–Crippen LogP) is 2.91. The smallest absolute Gasteiger partial charge is 0.133 e. The number of aliphatic imine (C=N–C) groups is 1. The molecule has 76 valence electrons. The number of benzene rings is 1. The molecule has 16 heavy (non-hydrogen) atoms. The number of rotatable bonds is 0. The van der Waals surface area contributed by atoms with Crippen molar-refractivity contribution in [3.8, 4) is 0 Å². The van der Waals surface area contributed by atoms with Gasteiger partial charge in [-0.15, -0.1) is 0 Å². The van der Waals surface area contributed by atoms with Crippen molar-refractivity contribution < 1.29 is 0 Å². The van der Waals surface area contributed by atoms with Crippen molar-refractivity contribution in [2.24, 2.45) is 4.99 Å². The summed E-state index contributed by atoms with van der Waals surface area (Å²) in [5.74, 6) is 1.04. The molecule has 1 aliphatic rings. The number of aromatic nitrogens is 2. The lowest BCUT2D eigenvalue weighted by atomic mass is 10.1. The molecule has 0 spiro atoms. The monoisotopic (exact) mass is 207 g/mol. The molecule has 0 aliphatic carbocycles. The molecule has 3 heteroatoms. The first-order valence-electron chi connectivity index (χ1n) is 5.33. The van der Waals surface area contributed by atoms with Gasteiger partial charge in [0.25, 0.3) is 0 Å². The number of pyridine rings is 1. The van der Waals surface area contributed by atoms with Gasteiger partial charge >= 0.3 is 0 Å². The Balaban J connectivity index is 2.26. The first kappa shape index (κ1) is 8.05. The van der Waals surface area contributed by atoms with Crippen molar-refractivity contribution in [1.82, 2.24) is 9.55 Å². The molecule has 0 saturated heterocycles. The summed E-state index contributed by atoms with van der Waals surface area (Å²) in [6, 6.07) is 10.4. The van der Waals surface area contributed by atoms with Gasteiger partial charge in [0.1, 0.15) is 5.82 Å². The summed E-state index contributed by atoms with van der Waals surface area (Å²) in [4.78, 5) is 8.84.